The second-order valence-electron chi connectivity index (χ2n) is 6.09. The Hall–Kier alpha value is -2.78. The minimum Gasteiger partial charge on any atom is -0.452 e. The predicted octanol–water partition coefficient (Wildman–Crippen LogP) is 1.69. The van der Waals surface area contributed by atoms with Crippen molar-refractivity contribution in [2.75, 3.05) is 13.6 Å². The van der Waals surface area contributed by atoms with E-state index in [0.29, 0.717) is 6.54 Å². The lowest BCUT2D eigenvalue weighted by molar-refractivity contribution is -0.157. The lowest BCUT2D eigenvalue weighted by Crippen LogP contribution is -2.39. The maximum absolute atomic E-state index is 12.9. The van der Waals surface area contributed by atoms with Crippen LogP contribution < -0.4 is 4.72 Å². The van der Waals surface area contributed by atoms with Crippen LogP contribution in [0.5, 0.6) is 0 Å². The minimum absolute atomic E-state index is 0.187. The van der Waals surface area contributed by atoms with Gasteiger partial charge >= 0.3 is 5.97 Å². The number of nitrogens with zero attached hydrogens (tertiary/aromatic N) is 1. The molecule has 0 aliphatic heterocycles. The molecule has 0 unspecified atom stereocenters. The minimum atomic E-state index is -4.00. The third-order valence-electron chi connectivity index (χ3n) is 3.83. The number of sulfonamides is 1. The van der Waals surface area contributed by atoms with E-state index in [0.717, 1.165) is 29.8 Å². The SMILES string of the molecule is C[C@H](OC(=O)CNS(=O)(=O)c1ccc(F)cc1)C(=O)N(C)Cc1ccccc1. The summed E-state index contributed by atoms with van der Waals surface area (Å²) in [6.45, 7) is 1.11. The first kappa shape index (κ1) is 21.5. The van der Waals surface area contributed by atoms with Crippen molar-refractivity contribution in [3.8, 4) is 0 Å². The normalized spacial score (nSPS) is 12.2. The fourth-order valence-corrected chi connectivity index (χ4v) is 3.35. The number of halogens is 1. The van der Waals surface area contributed by atoms with Gasteiger partial charge in [0.1, 0.15) is 12.4 Å². The molecule has 0 heterocycles. The van der Waals surface area contributed by atoms with Crippen LogP contribution in [0.1, 0.15) is 12.5 Å². The number of hydrogen-bond donors (Lipinski definition) is 1. The Morgan fingerprint density at radius 1 is 1.11 bits per heavy atom. The van der Waals surface area contributed by atoms with Gasteiger partial charge in [0.05, 0.1) is 4.90 Å². The number of carbonyl (C=O) groups is 2. The topological polar surface area (TPSA) is 92.8 Å². The summed E-state index contributed by atoms with van der Waals surface area (Å²) in [5.74, 6) is -1.90. The summed E-state index contributed by atoms with van der Waals surface area (Å²) in [5.41, 5.74) is 0.920. The molecule has 2 rings (SSSR count). The van der Waals surface area contributed by atoms with Crippen molar-refractivity contribution in [2.24, 2.45) is 0 Å². The molecule has 0 fully saturated rings. The molecule has 1 atom stereocenters. The lowest BCUT2D eigenvalue weighted by atomic mass is 10.2. The van der Waals surface area contributed by atoms with Crippen molar-refractivity contribution in [3.63, 3.8) is 0 Å². The maximum atomic E-state index is 12.9. The average molecular weight is 408 g/mol. The van der Waals surface area contributed by atoms with E-state index >= 15 is 0 Å². The number of amides is 1. The quantitative estimate of drug-likeness (QED) is 0.671. The van der Waals surface area contributed by atoms with Crippen molar-refractivity contribution >= 4 is 21.9 Å². The van der Waals surface area contributed by atoms with Crippen molar-refractivity contribution in [2.45, 2.75) is 24.5 Å². The molecule has 7 nitrogen and oxygen atoms in total. The molecule has 9 heteroatoms. The summed E-state index contributed by atoms with van der Waals surface area (Å²) < 4.78 is 44.1. The molecule has 0 spiro atoms. The van der Waals surface area contributed by atoms with Gasteiger partial charge in [-0.1, -0.05) is 30.3 Å². The van der Waals surface area contributed by atoms with Gasteiger partial charge in [-0.2, -0.15) is 4.72 Å². The molecule has 0 aromatic heterocycles. The van der Waals surface area contributed by atoms with Gasteiger partial charge in [0.15, 0.2) is 6.10 Å². The number of benzene rings is 2. The molecule has 2 aromatic rings. The first-order valence-corrected chi connectivity index (χ1v) is 9.91. The second-order valence-corrected chi connectivity index (χ2v) is 7.86. The Morgan fingerprint density at radius 2 is 1.71 bits per heavy atom. The predicted molar refractivity (Wildman–Crippen MR) is 100 cm³/mol. The van der Waals surface area contributed by atoms with Crippen LogP contribution in [0.25, 0.3) is 0 Å². The van der Waals surface area contributed by atoms with Gasteiger partial charge < -0.3 is 9.64 Å². The maximum Gasteiger partial charge on any atom is 0.321 e. The largest absolute Gasteiger partial charge is 0.452 e. The second kappa shape index (κ2) is 9.43. The van der Waals surface area contributed by atoms with Gasteiger partial charge in [-0.3, -0.25) is 9.59 Å². The zero-order chi connectivity index (χ0) is 20.7. The monoisotopic (exact) mass is 408 g/mol. The molecule has 0 saturated carbocycles. The zero-order valence-corrected chi connectivity index (χ0v) is 16.3. The van der Waals surface area contributed by atoms with Gasteiger partial charge in [0.2, 0.25) is 10.0 Å². The van der Waals surface area contributed by atoms with Gasteiger partial charge in [-0.25, -0.2) is 12.8 Å². The van der Waals surface area contributed by atoms with E-state index in [9.17, 15) is 22.4 Å². The molecule has 0 saturated heterocycles. The third-order valence-corrected chi connectivity index (χ3v) is 5.24. The van der Waals surface area contributed by atoms with Crippen LogP contribution in [0.15, 0.2) is 59.5 Å². The third kappa shape index (κ3) is 6.14. The van der Waals surface area contributed by atoms with E-state index in [1.165, 1.54) is 11.8 Å². The van der Waals surface area contributed by atoms with E-state index in [4.69, 9.17) is 4.74 Å². The van der Waals surface area contributed by atoms with Crippen LogP contribution >= 0.6 is 0 Å². The highest BCUT2D eigenvalue weighted by molar-refractivity contribution is 7.89. The van der Waals surface area contributed by atoms with Crippen LogP contribution in [-0.4, -0.2) is 44.9 Å². The van der Waals surface area contributed by atoms with Crippen LogP contribution in [0.2, 0.25) is 0 Å². The molecular formula is C19H21FN2O5S. The van der Waals surface area contributed by atoms with Crippen molar-refractivity contribution < 1.29 is 27.1 Å². The van der Waals surface area contributed by atoms with E-state index in [-0.39, 0.29) is 4.90 Å². The van der Waals surface area contributed by atoms with Crippen LogP contribution in [-0.2, 0) is 30.9 Å². The molecule has 0 aliphatic rings. The summed E-state index contributed by atoms with van der Waals surface area (Å²) in [5, 5.41) is 0. The Morgan fingerprint density at radius 3 is 2.32 bits per heavy atom. The first-order valence-electron chi connectivity index (χ1n) is 8.42. The smallest absolute Gasteiger partial charge is 0.321 e. The number of nitrogens with one attached hydrogen (secondary N) is 1. The van der Waals surface area contributed by atoms with E-state index in [1.807, 2.05) is 30.3 Å². The fraction of sp³-hybridized carbons (Fsp3) is 0.263. The number of rotatable bonds is 8. The summed E-state index contributed by atoms with van der Waals surface area (Å²) in [6.07, 6.45) is -1.07. The highest BCUT2D eigenvalue weighted by Gasteiger charge is 2.23. The molecule has 150 valence electrons. The van der Waals surface area contributed by atoms with Crippen molar-refractivity contribution in [3.05, 3.63) is 66.0 Å². The molecule has 1 amide bonds. The van der Waals surface area contributed by atoms with Gasteiger partial charge in [0.25, 0.3) is 5.91 Å². The summed E-state index contributed by atoms with van der Waals surface area (Å²) in [6, 6.07) is 13.4. The van der Waals surface area contributed by atoms with Gasteiger partial charge in [-0.15, -0.1) is 0 Å². The number of hydrogen-bond acceptors (Lipinski definition) is 5. The Balaban J connectivity index is 1.86. The van der Waals surface area contributed by atoms with Crippen molar-refractivity contribution in [1.82, 2.24) is 9.62 Å². The Kier molecular flexibility index (Phi) is 7.24. The molecule has 0 aliphatic carbocycles. The van der Waals surface area contributed by atoms with Crippen LogP contribution in [0.3, 0.4) is 0 Å². The van der Waals surface area contributed by atoms with Crippen LogP contribution in [0.4, 0.5) is 4.39 Å². The molecular weight excluding hydrogens is 387 g/mol. The molecule has 28 heavy (non-hydrogen) atoms. The van der Waals surface area contributed by atoms with E-state index in [2.05, 4.69) is 4.72 Å². The average Bonchev–Trinajstić information content (AvgIpc) is 2.67. The standard InChI is InChI=1S/C19H21FN2O5S/c1-14(19(24)22(2)13-15-6-4-3-5-7-15)27-18(23)12-21-28(25,26)17-10-8-16(20)9-11-17/h3-11,14,21H,12-13H2,1-2H3/t14-/m0/s1. The molecule has 0 bridgehead atoms. The molecule has 0 radical (unpaired) electrons. The van der Waals surface area contributed by atoms with Crippen molar-refractivity contribution in [1.29, 1.82) is 0 Å². The first-order chi connectivity index (χ1) is 13.2. The number of carbonyl (C=O) groups excluding carboxylic acids is 2. The Bertz CT molecular complexity index is 917. The molecule has 1 N–H and O–H groups in total. The summed E-state index contributed by atoms with van der Waals surface area (Å²) in [4.78, 5) is 25.4. The zero-order valence-electron chi connectivity index (χ0n) is 15.5. The number of likely N-dealkylation sites (N-methyl/N-ethyl adjacent to an activating group) is 1. The van der Waals surface area contributed by atoms with E-state index < -0.39 is 40.4 Å². The van der Waals surface area contributed by atoms with Gasteiger partial charge in [-0.05, 0) is 36.8 Å². The van der Waals surface area contributed by atoms with E-state index in [1.54, 1.807) is 7.05 Å². The Labute approximate surface area is 163 Å². The summed E-state index contributed by atoms with van der Waals surface area (Å²) >= 11 is 0. The summed E-state index contributed by atoms with van der Waals surface area (Å²) in [7, 11) is -2.42. The highest BCUT2D eigenvalue weighted by atomic mass is 32.2. The highest BCUT2D eigenvalue weighted by Crippen LogP contribution is 2.10. The lowest BCUT2D eigenvalue weighted by Gasteiger charge is -2.21. The van der Waals surface area contributed by atoms with Gasteiger partial charge in [0, 0.05) is 13.6 Å². The van der Waals surface area contributed by atoms with Crippen LogP contribution in [0, 0.1) is 5.82 Å². The number of ether oxygens (including phenoxy) is 1. The fourth-order valence-electron chi connectivity index (χ4n) is 2.39. The molecule has 2 aromatic carbocycles. The number of esters is 1.